The molecule has 1 heterocycles. The molecule has 0 amide bonds. The third kappa shape index (κ3) is 13.1. The number of aromatic amines is 1. The Balaban J connectivity index is 1.91. The minimum Gasteiger partial charge on any atom is -0.493 e. The van der Waals surface area contributed by atoms with Crippen molar-refractivity contribution in [3.63, 3.8) is 0 Å². The highest BCUT2D eigenvalue weighted by Gasteiger charge is 2.21. The van der Waals surface area contributed by atoms with Gasteiger partial charge in [0.1, 0.15) is 10.8 Å². The van der Waals surface area contributed by atoms with Crippen LogP contribution in [0, 0.1) is 0 Å². The van der Waals surface area contributed by atoms with E-state index in [0.29, 0.717) is 29.2 Å². The van der Waals surface area contributed by atoms with Gasteiger partial charge in [-0.25, -0.2) is 0 Å². The van der Waals surface area contributed by atoms with Crippen molar-refractivity contribution >= 4 is 33.5 Å². The molecule has 2 aromatic rings. The zero-order chi connectivity index (χ0) is 27.3. The number of nitrogens with one attached hydrogen (secondary N) is 1. The van der Waals surface area contributed by atoms with E-state index in [1.807, 2.05) is 36.0 Å². The van der Waals surface area contributed by atoms with Crippen LogP contribution in [-0.2, 0) is 0 Å². The van der Waals surface area contributed by atoms with Gasteiger partial charge in [0, 0.05) is 5.92 Å². The van der Waals surface area contributed by atoms with Crippen LogP contribution in [-0.4, -0.2) is 38.9 Å². The topological polar surface area (TPSA) is 67.9 Å². The number of hydrogen-bond acceptors (Lipinski definition) is 5. The largest absolute Gasteiger partial charge is 0.493 e. The molecule has 7 heteroatoms. The number of ketones is 1. The molecular formula is C31H50BrN3O2S. The van der Waals surface area contributed by atoms with Gasteiger partial charge in [-0.15, -0.1) is 16.9 Å². The summed E-state index contributed by atoms with van der Waals surface area (Å²) in [4.78, 5) is 12.3. The predicted octanol–water partition coefficient (Wildman–Crippen LogP) is 9.92. The van der Waals surface area contributed by atoms with Gasteiger partial charge in [-0.05, 0) is 37.1 Å². The molecule has 0 spiro atoms. The van der Waals surface area contributed by atoms with E-state index in [1.54, 1.807) is 0 Å². The second-order valence-corrected chi connectivity index (χ2v) is 11.9. The summed E-state index contributed by atoms with van der Waals surface area (Å²) in [5.41, 5.74) is 1.73. The third-order valence-corrected chi connectivity index (χ3v) is 8.68. The summed E-state index contributed by atoms with van der Waals surface area (Å²) in [7, 11) is 0. The summed E-state index contributed by atoms with van der Waals surface area (Å²) >= 11 is 5.13. The Kier molecular flexibility index (Phi) is 18.6. The number of nitrogens with zero attached hydrogens (tertiary/aromatic N) is 2. The number of ether oxygens (including phenoxy) is 1. The van der Waals surface area contributed by atoms with Crippen LogP contribution >= 0.6 is 27.7 Å². The van der Waals surface area contributed by atoms with E-state index in [4.69, 9.17) is 4.74 Å². The van der Waals surface area contributed by atoms with Gasteiger partial charge in [-0.3, -0.25) is 4.79 Å². The van der Waals surface area contributed by atoms with Crippen molar-refractivity contribution in [1.29, 1.82) is 0 Å². The molecule has 0 fully saturated rings. The van der Waals surface area contributed by atoms with E-state index >= 15 is 0 Å². The lowest BCUT2D eigenvalue weighted by Gasteiger charge is -2.17. The zero-order valence-electron chi connectivity index (χ0n) is 23.8. The number of aromatic nitrogens is 3. The van der Waals surface area contributed by atoms with Gasteiger partial charge < -0.3 is 4.74 Å². The molecular weight excluding hydrogens is 558 g/mol. The van der Waals surface area contributed by atoms with Gasteiger partial charge >= 0.3 is 0 Å². The van der Waals surface area contributed by atoms with Crippen molar-refractivity contribution in [2.24, 2.45) is 0 Å². The van der Waals surface area contributed by atoms with Gasteiger partial charge in [0.05, 0.1) is 23.2 Å². The highest BCUT2D eigenvalue weighted by molar-refractivity contribution is 9.09. The molecule has 1 unspecified atom stereocenters. The number of para-hydroxylation sites is 1. The van der Waals surface area contributed by atoms with Gasteiger partial charge in [-0.1, -0.05) is 125 Å². The van der Waals surface area contributed by atoms with Crippen LogP contribution in [0.25, 0.3) is 0 Å². The number of H-pyrrole nitrogens is 1. The number of carbonyl (C=O) groups is 1. The van der Waals surface area contributed by atoms with Gasteiger partial charge in [0.25, 0.3) is 0 Å². The van der Waals surface area contributed by atoms with Gasteiger partial charge in [0.2, 0.25) is 0 Å². The molecule has 2 rings (SSSR count). The van der Waals surface area contributed by atoms with Crippen molar-refractivity contribution in [2.75, 3.05) is 17.7 Å². The third-order valence-electron chi connectivity index (χ3n) is 7.10. The highest BCUT2D eigenvalue weighted by Crippen LogP contribution is 2.32. The Morgan fingerprint density at radius 1 is 0.868 bits per heavy atom. The van der Waals surface area contributed by atoms with Crippen molar-refractivity contribution in [3.8, 4) is 5.75 Å². The Bertz CT molecular complexity index is 876. The predicted molar refractivity (Wildman–Crippen MR) is 165 cm³/mol. The number of halogens is 1. The second-order valence-electron chi connectivity index (χ2n) is 10.3. The Morgan fingerprint density at radius 2 is 1.50 bits per heavy atom. The molecule has 0 radical (unpaired) electrons. The molecule has 1 aromatic carbocycles. The van der Waals surface area contributed by atoms with Crippen LogP contribution < -0.4 is 4.74 Å². The van der Waals surface area contributed by atoms with Crippen molar-refractivity contribution in [2.45, 2.75) is 128 Å². The maximum absolute atomic E-state index is 12.3. The van der Waals surface area contributed by atoms with Gasteiger partial charge in [-0.2, -0.15) is 10.3 Å². The standard InChI is InChI=1S/C31H50BrN3O2S/c1-3-5-7-9-10-11-12-13-15-19-26(22-23-37-29-21-17-16-20-27(29)28(36)25-32)30-31(34-35-33-30)38-24-18-14-8-6-4-2/h16-17,20-21,26H,3-15,18-19,22-25H2,1-2H3,(H,33,34,35). The lowest BCUT2D eigenvalue weighted by Crippen LogP contribution is -2.10. The van der Waals surface area contributed by atoms with E-state index in [1.165, 1.54) is 89.9 Å². The van der Waals surface area contributed by atoms with Crippen molar-refractivity contribution in [3.05, 3.63) is 35.5 Å². The van der Waals surface area contributed by atoms with Crippen LogP contribution in [0.15, 0.2) is 29.3 Å². The van der Waals surface area contributed by atoms with Crippen LogP contribution in [0.1, 0.15) is 139 Å². The first-order chi connectivity index (χ1) is 18.7. The molecule has 0 saturated heterocycles. The average Bonchev–Trinajstić information content (AvgIpc) is 3.41. The molecule has 214 valence electrons. The van der Waals surface area contributed by atoms with E-state index in [0.717, 1.165) is 29.3 Å². The van der Waals surface area contributed by atoms with Crippen molar-refractivity contribution < 1.29 is 9.53 Å². The molecule has 0 bridgehead atoms. The highest BCUT2D eigenvalue weighted by atomic mass is 79.9. The van der Waals surface area contributed by atoms with E-state index in [-0.39, 0.29) is 5.78 Å². The Labute approximate surface area is 244 Å². The fraction of sp³-hybridized carbons (Fsp3) is 0.710. The minimum atomic E-state index is 0.0426. The summed E-state index contributed by atoms with van der Waals surface area (Å²) < 4.78 is 6.15. The Hall–Kier alpha value is -1.34. The SMILES string of the molecule is CCCCCCCCCCCC(CCOc1ccccc1C(=O)CBr)c1n[nH]nc1SCCCCCCC. The summed E-state index contributed by atoms with van der Waals surface area (Å²) in [6, 6.07) is 7.54. The normalized spacial score (nSPS) is 12.1. The van der Waals surface area contributed by atoms with Crippen molar-refractivity contribution in [1.82, 2.24) is 15.4 Å². The lowest BCUT2D eigenvalue weighted by atomic mass is 9.94. The Morgan fingerprint density at radius 3 is 2.18 bits per heavy atom. The summed E-state index contributed by atoms with van der Waals surface area (Å²) in [6.07, 6.45) is 20.3. The van der Waals surface area contributed by atoms with Gasteiger partial charge in [0.15, 0.2) is 5.78 Å². The number of rotatable bonds is 24. The fourth-order valence-electron chi connectivity index (χ4n) is 4.80. The molecule has 0 aliphatic rings. The first kappa shape index (κ1) is 32.9. The maximum Gasteiger partial charge on any atom is 0.177 e. The maximum atomic E-state index is 12.3. The van der Waals surface area contributed by atoms with Crippen LogP contribution in [0.2, 0.25) is 0 Å². The molecule has 1 aromatic heterocycles. The molecule has 5 nitrogen and oxygen atoms in total. The molecule has 1 atom stereocenters. The molecule has 0 saturated carbocycles. The first-order valence-corrected chi connectivity index (χ1v) is 17.2. The number of thioether (sulfide) groups is 1. The first-order valence-electron chi connectivity index (χ1n) is 15.1. The van der Waals surface area contributed by atoms with Crippen LogP contribution in [0.4, 0.5) is 0 Å². The lowest BCUT2D eigenvalue weighted by molar-refractivity contribution is 0.101. The second kappa shape index (κ2) is 21.5. The summed E-state index contributed by atoms with van der Waals surface area (Å²) in [5.74, 6) is 2.11. The zero-order valence-corrected chi connectivity index (χ0v) is 26.2. The minimum absolute atomic E-state index is 0.0426. The number of Topliss-reactive ketones (excluding diaryl/α,β-unsaturated/α-hetero) is 1. The molecule has 0 aliphatic heterocycles. The molecule has 1 N–H and O–H groups in total. The fourth-order valence-corrected chi connectivity index (χ4v) is 6.11. The van der Waals surface area contributed by atoms with Crippen LogP contribution in [0.3, 0.4) is 0 Å². The number of benzene rings is 1. The number of hydrogen-bond donors (Lipinski definition) is 1. The molecule has 38 heavy (non-hydrogen) atoms. The number of alkyl halides is 1. The average molecular weight is 609 g/mol. The monoisotopic (exact) mass is 607 g/mol. The summed E-state index contributed by atoms with van der Waals surface area (Å²) in [5, 5.41) is 13.4. The van der Waals surface area contributed by atoms with Crippen LogP contribution in [0.5, 0.6) is 5.75 Å². The number of carbonyl (C=O) groups excluding carboxylic acids is 1. The smallest absolute Gasteiger partial charge is 0.177 e. The van der Waals surface area contributed by atoms with E-state index < -0.39 is 0 Å². The quantitative estimate of drug-likeness (QED) is 0.0556. The van der Waals surface area contributed by atoms with E-state index in [9.17, 15) is 4.79 Å². The molecule has 0 aliphatic carbocycles. The van der Waals surface area contributed by atoms with E-state index in [2.05, 4.69) is 45.2 Å². The summed E-state index contributed by atoms with van der Waals surface area (Å²) in [6.45, 7) is 5.09. The number of unbranched alkanes of at least 4 members (excludes halogenated alkanes) is 12.